The third-order valence-corrected chi connectivity index (χ3v) is 4.85. The van der Waals surface area contributed by atoms with E-state index in [0.717, 1.165) is 23.3 Å². The summed E-state index contributed by atoms with van der Waals surface area (Å²) in [5, 5.41) is 9.67. The first-order valence-corrected chi connectivity index (χ1v) is 9.06. The molecule has 1 N–H and O–H groups in total. The topological polar surface area (TPSA) is 66.8 Å². The highest BCUT2D eigenvalue weighted by atomic mass is 32.2. The van der Waals surface area contributed by atoms with E-state index < -0.39 is 12.0 Å². The van der Waals surface area contributed by atoms with Crippen LogP contribution < -0.4 is 0 Å². The largest absolute Gasteiger partial charge is 0.480 e. The molecular weight excluding hydrogens is 314 g/mol. The number of carbonyl (C=O) groups excluding carboxylic acids is 1. The number of carboxylic acids is 1. The smallest absolute Gasteiger partial charge is 0.325 e. The van der Waals surface area contributed by atoms with Gasteiger partial charge in [0.25, 0.3) is 0 Å². The fourth-order valence-corrected chi connectivity index (χ4v) is 3.40. The monoisotopic (exact) mass is 337 g/mol. The van der Waals surface area contributed by atoms with E-state index in [1.807, 2.05) is 35.4 Å². The fourth-order valence-electron chi connectivity index (χ4n) is 2.99. The highest BCUT2D eigenvalue weighted by molar-refractivity contribution is 7.98. The number of rotatable bonds is 6. The van der Waals surface area contributed by atoms with E-state index in [1.165, 1.54) is 0 Å². The molecule has 0 aromatic heterocycles. The SMILES string of the molecule is CCOC(=O)[C@@H]1CCCN([C@H](C(=O)O)c2ccc(SC)cc2)C1. The molecule has 1 heterocycles. The normalized spacial score (nSPS) is 20.0. The lowest BCUT2D eigenvalue weighted by Gasteiger charge is -2.35. The molecule has 1 saturated heterocycles. The minimum absolute atomic E-state index is 0.223. The molecule has 0 spiro atoms. The summed E-state index contributed by atoms with van der Waals surface area (Å²) in [6, 6.07) is 6.87. The van der Waals surface area contributed by atoms with E-state index >= 15 is 0 Å². The van der Waals surface area contributed by atoms with Gasteiger partial charge in [0.2, 0.25) is 0 Å². The molecule has 0 unspecified atom stereocenters. The fraction of sp³-hybridized carbons (Fsp3) is 0.529. The zero-order chi connectivity index (χ0) is 16.8. The number of nitrogens with zero attached hydrogens (tertiary/aromatic N) is 1. The van der Waals surface area contributed by atoms with Crippen LogP contribution >= 0.6 is 11.8 Å². The second-order valence-electron chi connectivity index (χ2n) is 5.60. The zero-order valence-corrected chi connectivity index (χ0v) is 14.3. The lowest BCUT2D eigenvalue weighted by atomic mass is 9.95. The molecule has 1 fully saturated rings. The van der Waals surface area contributed by atoms with Gasteiger partial charge in [-0.1, -0.05) is 12.1 Å². The molecule has 126 valence electrons. The Hall–Kier alpha value is -1.53. The second-order valence-corrected chi connectivity index (χ2v) is 6.48. The van der Waals surface area contributed by atoms with Gasteiger partial charge in [0.1, 0.15) is 6.04 Å². The Bertz CT molecular complexity index is 546. The number of carboxylic acid groups (broad SMARTS) is 1. The highest BCUT2D eigenvalue weighted by Crippen LogP contribution is 2.29. The van der Waals surface area contributed by atoms with E-state index in [1.54, 1.807) is 18.7 Å². The van der Waals surface area contributed by atoms with Crippen LogP contribution in [-0.4, -0.2) is 47.9 Å². The van der Waals surface area contributed by atoms with Crippen LogP contribution in [0.5, 0.6) is 0 Å². The van der Waals surface area contributed by atoms with Crippen molar-refractivity contribution in [3.05, 3.63) is 29.8 Å². The van der Waals surface area contributed by atoms with Crippen molar-refractivity contribution in [3.8, 4) is 0 Å². The third kappa shape index (κ3) is 4.48. The molecule has 5 nitrogen and oxygen atoms in total. The molecule has 1 aromatic rings. The summed E-state index contributed by atoms with van der Waals surface area (Å²) < 4.78 is 5.09. The minimum atomic E-state index is -0.883. The molecule has 1 aliphatic rings. The summed E-state index contributed by atoms with van der Waals surface area (Å²) in [6.07, 6.45) is 3.54. The van der Waals surface area contributed by atoms with Crippen LogP contribution in [0.3, 0.4) is 0 Å². The van der Waals surface area contributed by atoms with E-state index in [4.69, 9.17) is 4.74 Å². The molecule has 0 radical (unpaired) electrons. The van der Waals surface area contributed by atoms with E-state index in [-0.39, 0.29) is 11.9 Å². The van der Waals surface area contributed by atoms with Crippen molar-refractivity contribution < 1.29 is 19.4 Å². The van der Waals surface area contributed by atoms with Crippen LogP contribution in [0, 0.1) is 5.92 Å². The maximum Gasteiger partial charge on any atom is 0.325 e. The van der Waals surface area contributed by atoms with Gasteiger partial charge in [0.05, 0.1) is 12.5 Å². The molecule has 0 aliphatic carbocycles. The number of piperidine rings is 1. The minimum Gasteiger partial charge on any atom is -0.480 e. The van der Waals surface area contributed by atoms with Gasteiger partial charge >= 0.3 is 11.9 Å². The number of likely N-dealkylation sites (tertiary alicyclic amines) is 1. The first-order valence-electron chi connectivity index (χ1n) is 7.84. The quantitative estimate of drug-likeness (QED) is 0.636. The molecule has 2 rings (SSSR count). The molecule has 2 atom stereocenters. The first-order chi connectivity index (χ1) is 11.1. The Balaban J connectivity index is 2.16. The van der Waals surface area contributed by atoms with Crippen molar-refractivity contribution in [1.29, 1.82) is 0 Å². The Kier molecular flexibility index (Phi) is 6.47. The van der Waals surface area contributed by atoms with Crippen molar-refractivity contribution in [1.82, 2.24) is 4.90 Å². The molecule has 0 bridgehead atoms. The third-order valence-electron chi connectivity index (χ3n) is 4.10. The van der Waals surface area contributed by atoms with Crippen LogP contribution in [0.4, 0.5) is 0 Å². The number of ether oxygens (including phenoxy) is 1. The van der Waals surface area contributed by atoms with Crippen LogP contribution in [-0.2, 0) is 14.3 Å². The average molecular weight is 337 g/mol. The first kappa shape index (κ1) is 17.8. The van der Waals surface area contributed by atoms with Crippen molar-refractivity contribution in [3.63, 3.8) is 0 Å². The van der Waals surface area contributed by atoms with Crippen molar-refractivity contribution in [2.75, 3.05) is 26.0 Å². The Morgan fingerprint density at radius 1 is 1.39 bits per heavy atom. The molecule has 1 aliphatic heterocycles. The van der Waals surface area contributed by atoms with E-state index in [9.17, 15) is 14.7 Å². The second kappa shape index (κ2) is 8.36. The predicted molar refractivity (Wildman–Crippen MR) is 89.5 cm³/mol. The van der Waals surface area contributed by atoms with Gasteiger partial charge < -0.3 is 9.84 Å². The van der Waals surface area contributed by atoms with Gasteiger partial charge in [0.15, 0.2) is 0 Å². The van der Waals surface area contributed by atoms with Gasteiger partial charge in [-0.25, -0.2) is 0 Å². The molecule has 6 heteroatoms. The van der Waals surface area contributed by atoms with Crippen LogP contribution in [0.1, 0.15) is 31.4 Å². The maximum atomic E-state index is 12.0. The number of esters is 1. The Morgan fingerprint density at radius 3 is 2.65 bits per heavy atom. The van der Waals surface area contributed by atoms with Gasteiger partial charge in [-0.15, -0.1) is 11.8 Å². The summed E-state index contributed by atoms with van der Waals surface area (Å²) in [5.41, 5.74) is 0.750. The van der Waals surface area contributed by atoms with Crippen molar-refractivity contribution >= 4 is 23.7 Å². The van der Waals surface area contributed by atoms with Crippen LogP contribution in [0.25, 0.3) is 0 Å². The van der Waals surface area contributed by atoms with Crippen molar-refractivity contribution in [2.45, 2.75) is 30.7 Å². The Labute approximate surface area is 141 Å². The van der Waals surface area contributed by atoms with Crippen molar-refractivity contribution in [2.24, 2.45) is 5.92 Å². The summed E-state index contributed by atoms with van der Waals surface area (Å²) in [7, 11) is 0. The number of carbonyl (C=O) groups is 2. The number of benzene rings is 1. The number of hydrogen-bond donors (Lipinski definition) is 1. The Morgan fingerprint density at radius 2 is 2.09 bits per heavy atom. The van der Waals surface area contributed by atoms with Gasteiger partial charge in [-0.05, 0) is 50.3 Å². The lowest BCUT2D eigenvalue weighted by Crippen LogP contribution is -2.43. The predicted octanol–water partition coefficient (Wildman–Crippen LogP) is 2.81. The standard InChI is InChI=1S/C17H23NO4S/c1-3-22-17(21)13-5-4-10-18(11-13)15(16(19)20)12-6-8-14(23-2)9-7-12/h6-9,13,15H,3-5,10-11H2,1-2H3,(H,19,20)/t13-,15+/m1/s1. The zero-order valence-electron chi connectivity index (χ0n) is 13.5. The highest BCUT2D eigenvalue weighted by Gasteiger charge is 2.34. The number of hydrogen-bond acceptors (Lipinski definition) is 5. The number of aliphatic carboxylic acids is 1. The lowest BCUT2D eigenvalue weighted by molar-refractivity contribution is -0.153. The molecule has 23 heavy (non-hydrogen) atoms. The average Bonchev–Trinajstić information content (AvgIpc) is 2.56. The number of thioether (sulfide) groups is 1. The van der Waals surface area contributed by atoms with Crippen LogP contribution in [0.2, 0.25) is 0 Å². The van der Waals surface area contributed by atoms with Crippen LogP contribution in [0.15, 0.2) is 29.2 Å². The molecule has 1 aromatic carbocycles. The summed E-state index contributed by atoms with van der Waals surface area (Å²) in [4.78, 5) is 26.7. The maximum absolute atomic E-state index is 12.0. The van der Waals surface area contributed by atoms with E-state index in [2.05, 4.69) is 0 Å². The van der Waals surface area contributed by atoms with Gasteiger partial charge in [0, 0.05) is 11.4 Å². The van der Waals surface area contributed by atoms with E-state index in [0.29, 0.717) is 19.7 Å². The molecule has 0 amide bonds. The summed E-state index contributed by atoms with van der Waals surface area (Å²) in [5.74, 6) is -1.35. The molecule has 0 saturated carbocycles. The molecular formula is C17H23NO4S. The summed E-state index contributed by atoms with van der Waals surface area (Å²) >= 11 is 1.62. The summed E-state index contributed by atoms with van der Waals surface area (Å²) in [6.45, 7) is 3.25. The van der Waals surface area contributed by atoms with Gasteiger partial charge in [-0.3, -0.25) is 14.5 Å². The van der Waals surface area contributed by atoms with Gasteiger partial charge in [-0.2, -0.15) is 0 Å².